The van der Waals surface area contributed by atoms with Crippen molar-refractivity contribution in [2.45, 2.75) is 45.3 Å². The van der Waals surface area contributed by atoms with Crippen LogP contribution in [0.2, 0.25) is 0 Å². The second-order valence-electron chi connectivity index (χ2n) is 4.88. The van der Waals surface area contributed by atoms with Crippen LogP contribution >= 0.6 is 0 Å². The van der Waals surface area contributed by atoms with Gasteiger partial charge in [0.15, 0.2) is 0 Å². The summed E-state index contributed by atoms with van der Waals surface area (Å²) in [6, 6.07) is 0. The summed E-state index contributed by atoms with van der Waals surface area (Å²) >= 11 is 0. The summed E-state index contributed by atoms with van der Waals surface area (Å²) in [5, 5.41) is 4.00. The van der Waals surface area contributed by atoms with Crippen molar-refractivity contribution in [2.75, 3.05) is 19.7 Å². The van der Waals surface area contributed by atoms with Crippen LogP contribution in [-0.4, -0.2) is 51.4 Å². The van der Waals surface area contributed by atoms with Gasteiger partial charge in [-0.3, -0.25) is 9.48 Å². The normalized spacial score (nSPS) is 19.6. The molecule has 6 heteroatoms. The van der Waals surface area contributed by atoms with Gasteiger partial charge in [0.05, 0.1) is 12.6 Å². The number of aryl methyl sites for hydroxylation is 1. The van der Waals surface area contributed by atoms with Crippen molar-refractivity contribution in [3.05, 3.63) is 12.7 Å². The van der Waals surface area contributed by atoms with E-state index in [1.807, 2.05) is 4.90 Å². The van der Waals surface area contributed by atoms with Gasteiger partial charge in [0.1, 0.15) is 12.7 Å². The van der Waals surface area contributed by atoms with Gasteiger partial charge in [-0.15, -0.1) is 0 Å². The summed E-state index contributed by atoms with van der Waals surface area (Å²) in [7, 11) is 0. The van der Waals surface area contributed by atoms with Crippen molar-refractivity contribution in [1.82, 2.24) is 19.7 Å². The number of hydrogen-bond acceptors (Lipinski definition) is 4. The lowest BCUT2D eigenvalue weighted by atomic mass is 10.1. The van der Waals surface area contributed by atoms with Crippen LogP contribution in [0.4, 0.5) is 0 Å². The second-order valence-corrected chi connectivity index (χ2v) is 4.88. The first-order chi connectivity index (χ1) is 9.29. The highest BCUT2D eigenvalue weighted by Crippen LogP contribution is 2.14. The lowest BCUT2D eigenvalue weighted by molar-refractivity contribution is -0.135. The van der Waals surface area contributed by atoms with E-state index in [9.17, 15) is 4.79 Å². The molecule has 1 aromatic rings. The molecule has 1 amide bonds. The van der Waals surface area contributed by atoms with E-state index in [4.69, 9.17) is 4.74 Å². The van der Waals surface area contributed by atoms with E-state index in [1.54, 1.807) is 11.0 Å². The maximum atomic E-state index is 12.1. The summed E-state index contributed by atoms with van der Waals surface area (Å²) in [4.78, 5) is 17.9. The van der Waals surface area contributed by atoms with Crippen LogP contribution in [0.25, 0.3) is 0 Å². The molecule has 1 aromatic heterocycles. The molecule has 0 bridgehead atoms. The maximum absolute atomic E-state index is 12.1. The Morgan fingerprint density at radius 1 is 1.53 bits per heavy atom. The first-order valence-corrected chi connectivity index (χ1v) is 7.01. The molecule has 0 saturated carbocycles. The van der Waals surface area contributed by atoms with Crippen LogP contribution in [0.5, 0.6) is 0 Å². The Bertz CT molecular complexity index is 380. The number of amides is 1. The predicted octanol–water partition coefficient (Wildman–Crippen LogP) is 1.09. The molecule has 0 aliphatic carbocycles. The molecule has 1 aliphatic rings. The average molecular weight is 266 g/mol. The fraction of sp³-hybridized carbons (Fsp3) is 0.769. The molecule has 1 unspecified atom stereocenters. The Labute approximate surface area is 113 Å². The molecule has 1 saturated heterocycles. The van der Waals surface area contributed by atoms with Crippen molar-refractivity contribution in [1.29, 1.82) is 0 Å². The molecule has 0 radical (unpaired) electrons. The van der Waals surface area contributed by atoms with Crippen LogP contribution < -0.4 is 0 Å². The third kappa shape index (κ3) is 4.31. The lowest BCUT2D eigenvalue weighted by Gasteiger charge is -2.32. The Kier molecular flexibility index (Phi) is 5.32. The molecule has 106 valence electrons. The molecule has 19 heavy (non-hydrogen) atoms. The van der Waals surface area contributed by atoms with Crippen LogP contribution in [0, 0.1) is 0 Å². The Hall–Kier alpha value is -1.43. The topological polar surface area (TPSA) is 60.2 Å². The molecule has 1 atom stereocenters. The second kappa shape index (κ2) is 7.23. The fourth-order valence-corrected chi connectivity index (χ4v) is 2.30. The van der Waals surface area contributed by atoms with Gasteiger partial charge in [0.2, 0.25) is 5.91 Å². The van der Waals surface area contributed by atoms with Gasteiger partial charge in [-0.1, -0.05) is 6.92 Å². The first kappa shape index (κ1) is 14.0. The molecule has 2 heterocycles. The van der Waals surface area contributed by atoms with Crippen molar-refractivity contribution < 1.29 is 9.53 Å². The van der Waals surface area contributed by atoms with E-state index in [1.165, 1.54) is 6.33 Å². The molecular formula is C13H22N4O2. The zero-order valence-corrected chi connectivity index (χ0v) is 11.5. The molecule has 1 aliphatic heterocycles. The van der Waals surface area contributed by atoms with Crippen LogP contribution in [0.15, 0.2) is 12.7 Å². The summed E-state index contributed by atoms with van der Waals surface area (Å²) in [6.45, 7) is 5.06. The summed E-state index contributed by atoms with van der Waals surface area (Å²) in [5.74, 6) is 0.181. The average Bonchev–Trinajstić information content (AvgIpc) is 2.96. The van der Waals surface area contributed by atoms with Gasteiger partial charge in [-0.25, -0.2) is 4.98 Å². The zero-order chi connectivity index (χ0) is 13.5. The number of carbonyl (C=O) groups excluding carboxylic acids is 1. The minimum atomic E-state index is 0.181. The highest BCUT2D eigenvalue weighted by Gasteiger charge is 2.23. The third-order valence-corrected chi connectivity index (χ3v) is 3.31. The van der Waals surface area contributed by atoms with Crippen LogP contribution in [-0.2, 0) is 16.1 Å². The number of rotatable bonds is 6. The molecule has 1 fully saturated rings. The van der Waals surface area contributed by atoms with Crippen molar-refractivity contribution in [3.8, 4) is 0 Å². The third-order valence-electron chi connectivity index (χ3n) is 3.31. The predicted molar refractivity (Wildman–Crippen MR) is 70.5 cm³/mol. The number of piperidine rings is 1. The number of likely N-dealkylation sites (tertiary alicyclic amines) is 1. The summed E-state index contributed by atoms with van der Waals surface area (Å²) in [6.07, 6.45) is 6.93. The van der Waals surface area contributed by atoms with E-state index in [2.05, 4.69) is 17.0 Å². The van der Waals surface area contributed by atoms with E-state index in [0.29, 0.717) is 13.0 Å². The number of nitrogens with zero attached hydrogens (tertiary/aromatic N) is 4. The highest BCUT2D eigenvalue weighted by atomic mass is 16.5. The zero-order valence-electron chi connectivity index (χ0n) is 11.5. The van der Waals surface area contributed by atoms with Crippen LogP contribution in [0.1, 0.15) is 32.6 Å². The van der Waals surface area contributed by atoms with Gasteiger partial charge in [-0.2, -0.15) is 5.10 Å². The smallest absolute Gasteiger partial charge is 0.224 e. The van der Waals surface area contributed by atoms with E-state index in [-0.39, 0.29) is 12.0 Å². The van der Waals surface area contributed by atoms with Crippen molar-refractivity contribution in [3.63, 3.8) is 0 Å². The summed E-state index contributed by atoms with van der Waals surface area (Å²) in [5.41, 5.74) is 0. The van der Waals surface area contributed by atoms with Gasteiger partial charge >= 0.3 is 0 Å². The number of carbonyl (C=O) groups is 1. The van der Waals surface area contributed by atoms with Crippen molar-refractivity contribution in [2.24, 2.45) is 0 Å². The highest BCUT2D eigenvalue weighted by molar-refractivity contribution is 5.76. The molecule has 0 N–H and O–H groups in total. The molecular weight excluding hydrogens is 244 g/mol. The van der Waals surface area contributed by atoms with E-state index >= 15 is 0 Å². The van der Waals surface area contributed by atoms with E-state index < -0.39 is 0 Å². The Morgan fingerprint density at radius 2 is 2.42 bits per heavy atom. The summed E-state index contributed by atoms with van der Waals surface area (Å²) < 4.78 is 7.43. The van der Waals surface area contributed by atoms with Crippen LogP contribution in [0.3, 0.4) is 0 Å². The van der Waals surface area contributed by atoms with Gasteiger partial charge in [0, 0.05) is 26.1 Å². The Balaban J connectivity index is 1.75. The quantitative estimate of drug-likeness (QED) is 0.773. The lowest BCUT2D eigenvalue weighted by Crippen LogP contribution is -2.43. The van der Waals surface area contributed by atoms with E-state index in [0.717, 1.165) is 39.0 Å². The van der Waals surface area contributed by atoms with Crippen molar-refractivity contribution >= 4 is 5.91 Å². The molecule has 2 rings (SSSR count). The minimum absolute atomic E-state index is 0.181. The number of aromatic nitrogens is 3. The molecule has 0 aromatic carbocycles. The standard InChI is InChI=1S/C13H22N4O2/c1-2-8-19-12-4-3-6-16(9-12)13(18)5-7-17-11-14-10-15-17/h10-12H,2-9H2,1H3. The number of hydrogen-bond donors (Lipinski definition) is 0. The van der Waals surface area contributed by atoms with Gasteiger partial charge in [-0.05, 0) is 19.3 Å². The SMILES string of the molecule is CCCOC1CCCN(C(=O)CCn2cncn2)C1. The minimum Gasteiger partial charge on any atom is -0.376 e. The van der Waals surface area contributed by atoms with Gasteiger partial charge in [0.25, 0.3) is 0 Å². The Morgan fingerprint density at radius 3 is 3.16 bits per heavy atom. The number of ether oxygens (including phenoxy) is 1. The largest absolute Gasteiger partial charge is 0.376 e. The first-order valence-electron chi connectivity index (χ1n) is 7.01. The monoisotopic (exact) mass is 266 g/mol. The van der Waals surface area contributed by atoms with Gasteiger partial charge < -0.3 is 9.64 Å². The maximum Gasteiger partial charge on any atom is 0.224 e. The molecule has 6 nitrogen and oxygen atoms in total. The molecule has 0 spiro atoms. The fourth-order valence-electron chi connectivity index (χ4n) is 2.30.